The number of ether oxygens (including phenoxy) is 2. The van der Waals surface area contributed by atoms with Gasteiger partial charge in [0.2, 0.25) is 0 Å². The van der Waals surface area contributed by atoms with Crippen molar-refractivity contribution in [3.63, 3.8) is 0 Å². The van der Waals surface area contributed by atoms with Crippen LogP contribution in [0.1, 0.15) is 48.1 Å². The van der Waals surface area contributed by atoms with Crippen LogP contribution in [0, 0.1) is 0 Å². The minimum atomic E-state index is -1.85. The topological polar surface area (TPSA) is 114 Å². The number of phenols is 1. The van der Waals surface area contributed by atoms with Crippen LogP contribution in [0.15, 0.2) is 23.0 Å². The molecule has 1 atom stereocenters. The number of nitrogens with zero attached hydrogens (tertiary/aromatic N) is 3. The molecule has 9 heteroatoms. The summed E-state index contributed by atoms with van der Waals surface area (Å²) in [6.07, 6.45) is 0.802. The van der Waals surface area contributed by atoms with Crippen molar-refractivity contribution in [2.75, 3.05) is 26.3 Å². The van der Waals surface area contributed by atoms with Crippen molar-refractivity contribution in [2.24, 2.45) is 0 Å². The fraction of sp³-hybridized carbons (Fsp3) is 0.444. The van der Waals surface area contributed by atoms with Gasteiger partial charge in [-0.1, -0.05) is 13.8 Å². The first-order valence-electron chi connectivity index (χ1n) is 12.5. The van der Waals surface area contributed by atoms with E-state index in [-0.39, 0.29) is 24.3 Å². The first kappa shape index (κ1) is 23.1. The Morgan fingerprint density at radius 1 is 1.11 bits per heavy atom. The molecule has 3 aliphatic heterocycles. The van der Waals surface area contributed by atoms with Crippen molar-refractivity contribution in [3.05, 3.63) is 56.4 Å². The van der Waals surface area contributed by atoms with Gasteiger partial charge in [-0.25, -0.2) is 9.78 Å². The Hall–Kier alpha value is -3.27. The maximum Gasteiger partial charge on any atom is 0.343 e. The van der Waals surface area contributed by atoms with Gasteiger partial charge in [0.1, 0.15) is 12.4 Å². The van der Waals surface area contributed by atoms with Gasteiger partial charge < -0.3 is 24.3 Å². The highest BCUT2D eigenvalue weighted by atomic mass is 16.6. The molecule has 6 rings (SSSR count). The zero-order valence-corrected chi connectivity index (χ0v) is 20.5. The molecule has 0 radical (unpaired) electrons. The summed E-state index contributed by atoms with van der Waals surface area (Å²) in [4.78, 5) is 33.1. The number of morpholine rings is 1. The van der Waals surface area contributed by atoms with Crippen molar-refractivity contribution in [1.29, 1.82) is 0 Å². The molecule has 1 aromatic carbocycles. The zero-order valence-electron chi connectivity index (χ0n) is 20.5. The van der Waals surface area contributed by atoms with Crippen molar-refractivity contribution in [2.45, 2.75) is 52.0 Å². The first-order valence-corrected chi connectivity index (χ1v) is 12.5. The van der Waals surface area contributed by atoms with Gasteiger partial charge in [0.15, 0.2) is 5.60 Å². The van der Waals surface area contributed by atoms with Crippen molar-refractivity contribution >= 4 is 16.9 Å². The number of hydrogen-bond donors (Lipinski definition) is 2. The molecular weight excluding hydrogens is 462 g/mol. The molecule has 2 N–H and O–H groups in total. The number of hydrogen-bond acceptors (Lipinski definition) is 8. The van der Waals surface area contributed by atoms with E-state index in [4.69, 9.17) is 14.5 Å². The van der Waals surface area contributed by atoms with Crippen LogP contribution in [0.2, 0.25) is 0 Å². The first-order chi connectivity index (χ1) is 17.4. The van der Waals surface area contributed by atoms with E-state index in [1.165, 1.54) is 0 Å². The monoisotopic (exact) mass is 491 g/mol. The molecule has 0 bridgehead atoms. The summed E-state index contributed by atoms with van der Waals surface area (Å²) >= 11 is 0. The number of esters is 1. The van der Waals surface area contributed by atoms with Crippen molar-refractivity contribution in [3.8, 4) is 17.1 Å². The van der Waals surface area contributed by atoms with E-state index in [1.807, 2.05) is 13.0 Å². The van der Waals surface area contributed by atoms with Gasteiger partial charge >= 0.3 is 5.97 Å². The van der Waals surface area contributed by atoms with Crippen LogP contribution < -0.4 is 5.56 Å². The molecular formula is C27H29N3O6. The Balaban J connectivity index is 1.53. The minimum absolute atomic E-state index is 0.101. The summed E-state index contributed by atoms with van der Waals surface area (Å²) in [5.74, 6) is -0.499. The fourth-order valence-corrected chi connectivity index (χ4v) is 5.77. The standard InChI is InChI=1S/C27H29N3O6/c1-3-16-17-10-23(31)15(12-29-5-7-35-8-6-29)9-21(17)28-24-18(16)13-30-22(24)11-20-19(25(30)32)14-36-26(33)27(20,34)4-2/h9-11,31,34H,3-8,12-14H2,1-2H3/t27-/m0/s1. The third-order valence-corrected chi connectivity index (χ3v) is 7.86. The number of carbonyl (C=O) groups is 1. The Morgan fingerprint density at radius 3 is 2.61 bits per heavy atom. The van der Waals surface area contributed by atoms with E-state index in [1.54, 1.807) is 23.6 Å². The third-order valence-electron chi connectivity index (χ3n) is 7.86. The molecule has 0 unspecified atom stereocenters. The van der Waals surface area contributed by atoms with Crippen LogP contribution in [0.3, 0.4) is 0 Å². The van der Waals surface area contributed by atoms with Crippen LogP contribution >= 0.6 is 0 Å². The molecule has 0 amide bonds. The van der Waals surface area contributed by atoms with Gasteiger partial charge in [0, 0.05) is 41.7 Å². The fourth-order valence-electron chi connectivity index (χ4n) is 5.77. The number of aliphatic hydroxyl groups is 1. The largest absolute Gasteiger partial charge is 0.508 e. The predicted molar refractivity (Wildman–Crippen MR) is 132 cm³/mol. The lowest BCUT2D eigenvalue weighted by Crippen LogP contribution is -2.44. The minimum Gasteiger partial charge on any atom is -0.508 e. The van der Waals surface area contributed by atoms with Gasteiger partial charge in [0.05, 0.1) is 42.2 Å². The highest BCUT2D eigenvalue weighted by molar-refractivity contribution is 5.90. The predicted octanol–water partition coefficient (Wildman–Crippen LogP) is 2.18. The summed E-state index contributed by atoms with van der Waals surface area (Å²) < 4.78 is 12.3. The Labute approximate surface area is 207 Å². The normalized spacial score (nSPS) is 21.2. The van der Waals surface area contributed by atoms with Crippen LogP contribution in [0.5, 0.6) is 5.75 Å². The van der Waals surface area contributed by atoms with Crippen LogP contribution in [-0.2, 0) is 46.0 Å². The van der Waals surface area contributed by atoms with Gasteiger partial charge in [-0.05, 0) is 36.6 Å². The summed E-state index contributed by atoms with van der Waals surface area (Å²) in [5.41, 5.74) is 3.26. The summed E-state index contributed by atoms with van der Waals surface area (Å²) in [5, 5.41) is 22.8. The van der Waals surface area contributed by atoms with Gasteiger partial charge in [0.25, 0.3) is 5.56 Å². The van der Waals surface area contributed by atoms with E-state index in [2.05, 4.69) is 4.90 Å². The molecule has 0 saturated carbocycles. The molecule has 36 heavy (non-hydrogen) atoms. The van der Waals surface area contributed by atoms with E-state index >= 15 is 0 Å². The van der Waals surface area contributed by atoms with Crippen molar-refractivity contribution < 1.29 is 24.5 Å². The van der Waals surface area contributed by atoms with Crippen molar-refractivity contribution in [1.82, 2.24) is 14.5 Å². The molecule has 2 aromatic heterocycles. The average molecular weight is 492 g/mol. The van der Waals surface area contributed by atoms with Crippen LogP contribution in [-0.4, -0.2) is 56.9 Å². The number of carbonyl (C=O) groups excluding carboxylic acids is 1. The number of benzene rings is 1. The molecule has 5 heterocycles. The quantitative estimate of drug-likeness (QED) is 0.418. The van der Waals surface area contributed by atoms with Crippen LogP contribution in [0.4, 0.5) is 0 Å². The average Bonchev–Trinajstić information content (AvgIpc) is 3.25. The SMILES string of the molecule is CCc1c2c(nc3cc(CN4CCOCC4)c(O)cc13)-c1cc3c(c(=O)n1C2)COC(=O)[C@]3(O)CC. The molecule has 9 nitrogen and oxygen atoms in total. The van der Waals surface area contributed by atoms with Gasteiger partial charge in [-0.2, -0.15) is 0 Å². The summed E-state index contributed by atoms with van der Waals surface area (Å²) in [6.45, 7) is 7.49. The Morgan fingerprint density at radius 2 is 1.89 bits per heavy atom. The number of aromatic nitrogens is 2. The Bertz CT molecular complexity index is 1470. The van der Waals surface area contributed by atoms with E-state index in [0.29, 0.717) is 55.2 Å². The highest BCUT2D eigenvalue weighted by Gasteiger charge is 2.45. The third kappa shape index (κ3) is 3.30. The summed E-state index contributed by atoms with van der Waals surface area (Å²) in [6, 6.07) is 5.45. The smallest absolute Gasteiger partial charge is 0.343 e. The number of cyclic esters (lactones) is 1. The second-order valence-electron chi connectivity index (χ2n) is 9.76. The van der Waals surface area contributed by atoms with E-state index in [9.17, 15) is 19.8 Å². The maximum atomic E-state index is 13.5. The number of pyridine rings is 2. The number of fused-ring (bicyclic) bond motifs is 5. The molecule has 1 saturated heterocycles. The van der Waals surface area contributed by atoms with E-state index in [0.717, 1.165) is 40.7 Å². The van der Waals surface area contributed by atoms with Gasteiger partial charge in [-0.3, -0.25) is 9.69 Å². The number of aromatic hydroxyl groups is 1. The molecule has 0 aliphatic carbocycles. The second kappa shape index (κ2) is 8.40. The molecule has 0 spiro atoms. The highest BCUT2D eigenvalue weighted by Crippen LogP contribution is 2.41. The van der Waals surface area contributed by atoms with Crippen LogP contribution in [0.25, 0.3) is 22.3 Å². The number of aryl methyl sites for hydroxylation is 1. The second-order valence-corrected chi connectivity index (χ2v) is 9.76. The Kier molecular flexibility index (Phi) is 5.40. The number of phenolic OH excluding ortho intramolecular Hbond substituents is 1. The summed E-state index contributed by atoms with van der Waals surface area (Å²) in [7, 11) is 0. The lowest BCUT2D eigenvalue weighted by atomic mass is 9.86. The maximum absolute atomic E-state index is 13.5. The van der Waals surface area contributed by atoms with E-state index < -0.39 is 11.6 Å². The molecule has 188 valence electrons. The number of rotatable bonds is 4. The lowest BCUT2D eigenvalue weighted by molar-refractivity contribution is -0.172. The van der Waals surface area contributed by atoms with Gasteiger partial charge in [-0.15, -0.1) is 0 Å². The molecule has 3 aliphatic rings. The lowest BCUT2D eigenvalue weighted by Gasteiger charge is -2.31. The molecule has 1 fully saturated rings. The zero-order chi connectivity index (χ0) is 25.2. The molecule has 3 aromatic rings.